The first-order valence-corrected chi connectivity index (χ1v) is 8.39. The van der Waals surface area contributed by atoms with Gasteiger partial charge in [0.05, 0.1) is 38.8 Å². The number of aromatic nitrogens is 2. The normalized spacial score (nSPS) is 11.0. The molecule has 124 valence electrons. The lowest BCUT2D eigenvalue weighted by molar-refractivity contribution is 0.296. The molecule has 0 saturated carbocycles. The predicted molar refractivity (Wildman–Crippen MR) is 98.0 cm³/mol. The Morgan fingerprint density at radius 2 is 1.75 bits per heavy atom. The Bertz CT molecular complexity index is 952. The largest absolute Gasteiger partial charge is 0.489 e. The fourth-order valence-electron chi connectivity index (χ4n) is 2.22. The predicted octanol–water partition coefficient (Wildman–Crippen LogP) is 5.09. The van der Waals surface area contributed by atoms with E-state index >= 15 is 0 Å². The Morgan fingerprint density at radius 3 is 2.46 bits per heavy atom. The molecule has 0 bridgehead atoms. The molecule has 3 aromatic rings. The van der Waals surface area contributed by atoms with E-state index in [9.17, 15) is 4.79 Å². The zero-order chi connectivity index (χ0) is 17.3. The van der Waals surface area contributed by atoms with Gasteiger partial charge in [-0.1, -0.05) is 52.5 Å². The highest BCUT2D eigenvalue weighted by Gasteiger charge is 2.10. The molecular formula is C16H10Cl4N2O2. The number of fused-ring (bicyclic) bond motifs is 1. The summed E-state index contributed by atoms with van der Waals surface area (Å²) in [4.78, 5) is 16.7. The van der Waals surface area contributed by atoms with Gasteiger partial charge in [0, 0.05) is 5.02 Å². The molecule has 8 heteroatoms. The Kier molecular flexibility index (Phi) is 5.21. The first kappa shape index (κ1) is 17.4. The fraction of sp³-hybridized carbons (Fsp3) is 0.125. The van der Waals surface area contributed by atoms with Gasteiger partial charge < -0.3 is 4.74 Å². The zero-order valence-electron chi connectivity index (χ0n) is 12.1. The highest BCUT2D eigenvalue weighted by molar-refractivity contribution is 6.38. The molecule has 2 aromatic carbocycles. The van der Waals surface area contributed by atoms with Gasteiger partial charge in [0.25, 0.3) is 5.56 Å². The van der Waals surface area contributed by atoms with Gasteiger partial charge in [-0.2, -0.15) is 0 Å². The quantitative estimate of drug-likeness (QED) is 0.609. The lowest BCUT2D eigenvalue weighted by Gasteiger charge is -2.11. The van der Waals surface area contributed by atoms with E-state index in [1.165, 1.54) is 10.9 Å². The molecule has 4 nitrogen and oxygen atoms in total. The van der Waals surface area contributed by atoms with Crippen LogP contribution in [0, 0.1) is 0 Å². The molecule has 0 N–H and O–H groups in total. The molecule has 24 heavy (non-hydrogen) atoms. The molecule has 0 fully saturated rings. The van der Waals surface area contributed by atoms with Crippen molar-refractivity contribution in [2.24, 2.45) is 0 Å². The average Bonchev–Trinajstić information content (AvgIpc) is 2.52. The number of ether oxygens (including phenoxy) is 1. The average molecular weight is 404 g/mol. The summed E-state index contributed by atoms with van der Waals surface area (Å²) in [5, 5.41) is 1.88. The van der Waals surface area contributed by atoms with Crippen molar-refractivity contribution in [3.8, 4) is 5.75 Å². The molecule has 3 rings (SSSR count). The third-order valence-electron chi connectivity index (χ3n) is 3.34. The molecule has 0 amide bonds. The summed E-state index contributed by atoms with van der Waals surface area (Å²) in [5.41, 5.74) is 0.163. The summed E-state index contributed by atoms with van der Waals surface area (Å²) in [6.07, 6.45) is 1.42. The number of halogens is 4. The van der Waals surface area contributed by atoms with Crippen LogP contribution in [0.2, 0.25) is 20.1 Å². The molecule has 0 unspecified atom stereocenters. The van der Waals surface area contributed by atoms with Gasteiger partial charge in [-0.3, -0.25) is 9.36 Å². The molecule has 0 aliphatic heterocycles. The van der Waals surface area contributed by atoms with Crippen molar-refractivity contribution in [2.75, 3.05) is 6.61 Å². The second kappa shape index (κ2) is 7.19. The Morgan fingerprint density at radius 1 is 1.04 bits per heavy atom. The molecule has 0 aliphatic carbocycles. The first-order valence-electron chi connectivity index (χ1n) is 6.88. The highest BCUT2D eigenvalue weighted by atomic mass is 35.5. The van der Waals surface area contributed by atoms with Crippen LogP contribution in [0.1, 0.15) is 0 Å². The lowest BCUT2D eigenvalue weighted by atomic mass is 10.2. The summed E-state index contributed by atoms with van der Waals surface area (Å²) < 4.78 is 7.00. The van der Waals surface area contributed by atoms with Gasteiger partial charge in [0.15, 0.2) is 5.75 Å². The van der Waals surface area contributed by atoms with Crippen LogP contribution < -0.4 is 10.3 Å². The van der Waals surface area contributed by atoms with E-state index in [4.69, 9.17) is 51.1 Å². The monoisotopic (exact) mass is 402 g/mol. The third kappa shape index (κ3) is 3.47. The van der Waals surface area contributed by atoms with Crippen molar-refractivity contribution >= 4 is 57.3 Å². The van der Waals surface area contributed by atoms with Crippen molar-refractivity contribution < 1.29 is 4.74 Å². The van der Waals surface area contributed by atoms with Crippen molar-refractivity contribution in [3.05, 3.63) is 67.1 Å². The number of nitrogens with zero attached hydrogens (tertiary/aromatic N) is 2. The topological polar surface area (TPSA) is 44.1 Å². The van der Waals surface area contributed by atoms with Crippen molar-refractivity contribution in [1.29, 1.82) is 0 Å². The first-order chi connectivity index (χ1) is 11.5. The summed E-state index contributed by atoms with van der Waals surface area (Å²) >= 11 is 24.1. The van der Waals surface area contributed by atoms with E-state index in [2.05, 4.69) is 4.98 Å². The molecule has 0 saturated heterocycles. The number of benzene rings is 2. The smallest absolute Gasteiger partial charge is 0.261 e. The fourth-order valence-corrected chi connectivity index (χ4v) is 3.27. The summed E-state index contributed by atoms with van der Waals surface area (Å²) in [6, 6.07) is 8.17. The molecule has 0 atom stereocenters. The van der Waals surface area contributed by atoms with Crippen molar-refractivity contribution in [2.45, 2.75) is 6.54 Å². The standard InChI is InChI=1S/C16H10Cl4N2O2/c17-9-6-10-14(13(20)7-9)21-8-22(16(10)23)4-5-24-15-11(18)2-1-3-12(15)19/h1-3,6-8H,4-5H2. The summed E-state index contributed by atoms with van der Waals surface area (Å²) in [6.45, 7) is 0.471. The van der Waals surface area contributed by atoms with Crippen LogP contribution in [0.15, 0.2) is 41.5 Å². The Hall–Kier alpha value is -1.46. The van der Waals surface area contributed by atoms with Gasteiger partial charge in [-0.15, -0.1) is 0 Å². The van der Waals surface area contributed by atoms with Crippen LogP contribution in [-0.4, -0.2) is 16.2 Å². The maximum atomic E-state index is 12.5. The van der Waals surface area contributed by atoms with Gasteiger partial charge in [-0.25, -0.2) is 4.98 Å². The molecule has 0 radical (unpaired) electrons. The van der Waals surface area contributed by atoms with E-state index in [0.717, 1.165) is 0 Å². The molecule has 1 heterocycles. The van der Waals surface area contributed by atoms with Crippen LogP contribution >= 0.6 is 46.4 Å². The molecular weight excluding hydrogens is 394 g/mol. The highest BCUT2D eigenvalue weighted by Crippen LogP contribution is 2.32. The van der Waals surface area contributed by atoms with Crippen LogP contribution in [0.3, 0.4) is 0 Å². The number of para-hydroxylation sites is 1. The minimum Gasteiger partial charge on any atom is -0.489 e. The van der Waals surface area contributed by atoms with Crippen molar-refractivity contribution in [1.82, 2.24) is 9.55 Å². The van der Waals surface area contributed by atoms with E-state index in [-0.39, 0.29) is 18.7 Å². The van der Waals surface area contributed by atoms with E-state index in [0.29, 0.717) is 36.7 Å². The second-order valence-corrected chi connectivity index (χ2v) is 6.58. The van der Waals surface area contributed by atoms with Gasteiger partial charge >= 0.3 is 0 Å². The minimum absolute atomic E-state index is 0.199. The SMILES string of the molecule is O=c1c2cc(Cl)cc(Cl)c2ncn1CCOc1c(Cl)cccc1Cl. The van der Waals surface area contributed by atoms with Crippen LogP contribution in [0.4, 0.5) is 0 Å². The third-order valence-corrected chi connectivity index (χ3v) is 4.44. The number of hydrogen-bond acceptors (Lipinski definition) is 3. The maximum Gasteiger partial charge on any atom is 0.261 e. The van der Waals surface area contributed by atoms with Crippen LogP contribution in [0.25, 0.3) is 10.9 Å². The van der Waals surface area contributed by atoms with Crippen molar-refractivity contribution in [3.63, 3.8) is 0 Å². The molecule has 0 aliphatic rings. The van der Waals surface area contributed by atoms with Crippen LogP contribution in [0.5, 0.6) is 5.75 Å². The van der Waals surface area contributed by atoms with Gasteiger partial charge in [-0.05, 0) is 24.3 Å². The van der Waals surface area contributed by atoms with Gasteiger partial charge in [0.2, 0.25) is 0 Å². The van der Waals surface area contributed by atoms with Gasteiger partial charge in [0.1, 0.15) is 6.61 Å². The zero-order valence-corrected chi connectivity index (χ0v) is 15.1. The lowest BCUT2D eigenvalue weighted by Crippen LogP contribution is -2.23. The molecule has 1 aromatic heterocycles. The van der Waals surface area contributed by atoms with Crippen LogP contribution in [-0.2, 0) is 6.54 Å². The van der Waals surface area contributed by atoms with E-state index in [1.54, 1.807) is 30.3 Å². The molecule has 0 spiro atoms. The summed E-state index contributed by atoms with van der Waals surface area (Å²) in [7, 11) is 0. The Labute approximate surface area is 157 Å². The number of rotatable bonds is 4. The Balaban J connectivity index is 1.84. The summed E-state index contributed by atoms with van der Waals surface area (Å²) in [5.74, 6) is 0.383. The van der Waals surface area contributed by atoms with E-state index < -0.39 is 0 Å². The second-order valence-electron chi connectivity index (χ2n) is 4.93. The number of hydrogen-bond donors (Lipinski definition) is 0. The van der Waals surface area contributed by atoms with E-state index in [1.807, 2.05) is 0 Å². The maximum absolute atomic E-state index is 12.5. The minimum atomic E-state index is -0.252.